The first kappa shape index (κ1) is 15.3. The van der Waals surface area contributed by atoms with Gasteiger partial charge < -0.3 is 10.3 Å². The second-order valence-electron chi connectivity index (χ2n) is 5.43. The van der Waals surface area contributed by atoms with Gasteiger partial charge in [-0.25, -0.2) is 4.98 Å². The number of H-pyrrole nitrogens is 1. The monoisotopic (exact) mass is 326 g/mol. The molecule has 1 aliphatic rings. The molecule has 2 heterocycles. The molecule has 1 aliphatic heterocycles. The number of ketones is 1. The number of carbonyl (C=O) groups excluding carboxylic acids is 2. The zero-order chi connectivity index (χ0) is 16.4. The number of amides is 1. The number of hydrogen-bond acceptors (Lipinski definition) is 5. The molecule has 2 unspecified atom stereocenters. The molecule has 0 fully saturated rings. The molecule has 0 bridgehead atoms. The third-order valence-electron chi connectivity index (χ3n) is 3.71. The summed E-state index contributed by atoms with van der Waals surface area (Å²) in [5.41, 5.74) is 0.677. The Balaban J connectivity index is 1.69. The lowest BCUT2D eigenvalue weighted by Crippen LogP contribution is -2.55. The number of thioether (sulfide) groups is 1. The zero-order valence-corrected chi connectivity index (χ0v) is 13.2. The quantitative estimate of drug-likeness (QED) is 0.659. The molecule has 0 saturated carbocycles. The summed E-state index contributed by atoms with van der Waals surface area (Å²) in [6.45, 7) is 1.64. The highest BCUT2D eigenvalue weighted by atomic mass is 32.2. The second-order valence-corrected chi connectivity index (χ2v) is 6.39. The molecular formula is C16H14N4O2S. The molecule has 0 aliphatic carbocycles. The number of aromatic amines is 1. The number of nitrogens with zero attached hydrogens (tertiary/aromatic N) is 2. The number of rotatable bonds is 4. The van der Waals surface area contributed by atoms with E-state index in [0.717, 1.165) is 11.0 Å². The normalized spacial score (nSPS) is 23.5. The molecule has 2 aromatic rings. The van der Waals surface area contributed by atoms with Crippen LogP contribution in [0.2, 0.25) is 0 Å². The molecule has 0 spiro atoms. The summed E-state index contributed by atoms with van der Waals surface area (Å²) in [5, 5.41) is 12.1. The van der Waals surface area contributed by atoms with Gasteiger partial charge in [-0.05, 0) is 19.1 Å². The van der Waals surface area contributed by atoms with Gasteiger partial charge in [0.05, 0.1) is 22.9 Å². The number of imidazole rings is 1. The molecule has 23 heavy (non-hydrogen) atoms. The molecule has 3 rings (SSSR count). The Morgan fingerprint density at radius 2 is 2.26 bits per heavy atom. The highest BCUT2D eigenvalue weighted by Crippen LogP contribution is 2.23. The van der Waals surface area contributed by atoms with Crippen LogP contribution in [0, 0.1) is 17.2 Å². The van der Waals surface area contributed by atoms with E-state index in [-0.39, 0.29) is 11.5 Å². The fraction of sp³-hybridized carbons (Fsp3) is 0.250. The minimum absolute atomic E-state index is 0.149. The number of fused-ring (bicyclic) bond motifs is 1. The first-order chi connectivity index (χ1) is 11.0. The van der Waals surface area contributed by atoms with E-state index in [1.807, 2.05) is 30.3 Å². The minimum atomic E-state index is -1.08. The molecule has 1 amide bonds. The molecule has 2 atom stereocenters. The average Bonchev–Trinajstić information content (AvgIpc) is 2.95. The number of Topliss-reactive ketones (excluding diaryl/α,β-unsaturated/α-hetero) is 1. The van der Waals surface area contributed by atoms with Crippen LogP contribution in [0.5, 0.6) is 0 Å². The topological polar surface area (TPSA) is 98.6 Å². The summed E-state index contributed by atoms with van der Waals surface area (Å²) in [4.78, 5) is 31.8. The van der Waals surface area contributed by atoms with Gasteiger partial charge in [-0.3, -0.25) is 9.59 Å². The fourth-order valence-corrected chi connectivity index (χ4v) is 3.21. The van der Waals surface area contributed by atoms with Crippen molar-refractivity contribution in [2.24, 2.45) is 5.92 Å². The number of aromatic nitrogens is 2. The maximum Gasteiger partial charge on any atom is 0.242 e. The summed E-state index contributed by atoms with van der Waals surface area (Å²) in [5.74, 6) is -1.26. The fourth-order valence-electron chi connectivity index (χ4n) is 2.30. The Labute approximate surface area is 137 Å². The van der Waals surface area contributed by atoms with E-state index in [1.54, 1.807) is 13.0 Å². The number of hydrogen-bond donors (Lipinski definition) is 2. The highest BCUT2D eigenvalue weighted by molar-refractivity contribution is 7.99. The Morgan fingerprint density at radius 3 is 2.96 bits per heavy atom. The van der Waals surface area contributed by atoms with Gasteiger partial charge in [-0.15, -0.1) is 0 Å². The first-order valence-electron chi connectivity index (χ1n) is 7.04. The van der Waals surface area contributed by atoms with Gasteiger partial charge >= 0.3 is 0 Å². The van der Waals surface area contributed by atoms with Crippen molar-refractivity contribution in [3.8, 4) is 6.07 Å². The lowest BCUT2D eigenvalue weighted by molar-refractivity contribution is -0.130. The van der Waals surface area contributed by atoms with Gasteiger partial charge in [0.15, 0.2) is 10.9 Å². The van der Waals surface area contributed by atoms with Crippen LogP contribution in [0.1, 0.15) is 6.92 Å². The van der Waals surface area contributed by atoms with Gasteiger partial charge in [0.2, 0.25) is 5.91 Å². The van der Waals surface area contributed by atoms with Crippen molar-refractivity contribution in [2.75, 3.05) is 5.75 Å². The predicted molar refractivity (Wildman–Crippen MR) is 86.6 cm³/mol. The van der Waals surface area contributed by atoms with E-state index in [4.69, 9.17) is 5.26 Å². The van der Waals surface area contributed by atoms with Crippen LogP contribution in [-0.2, 0) is 9.59 Å². The van der Waals surface area contributed by atoms with E-state index < -0.39 is 17.4 Å². The minimum Gasteiger partial charge on any atom is -0.339 e. The number of para-hydroxylation sites is 2. The highest BCUT2D eigenvalue weighted by Gasteiger charge is 2.37. The molecule has 116 valence electrons. The number of carbonyl (C=O) groups is 2. The first-order valence-corrected chi connectivity index (χ1v) is 8.02. The second kappa shape index (κ2) is 5.89. The Morgan fingerprint density at radius 1 is 1.48 bits per heavy atom. The van der Waals surface area contributed by atoms with E-state index in [9.17, 15) is 9.59 Å². The molecule has 0 radical (unpaired) electrons. The van der Waals surface area contributed by atoms with Crippen LogP contribution < -0.4 is 5.32 Å². The van der Waals surface area contributed by atoms with E-state index >= 15 is 0 Å². The third-order valence-corrected chi connectivity index (χ3v) is 4.59. The van der Waals surface area contributed by atoms with Crippen LogP contribution in [0.4, 0.5) is 0 Å². The standard InChI is InChI=1S/C16H14N4O2S/c1-16(7-6-10(8-17)14(22)20-16)13(21)9-23-15-18-11-4-2-3-5-12(11)19-15/h2-7,10H,9H2,1H3,(H,18,19)(H,20,22). The van der Waals surface area contributed by atoms with Crippen molar-refractivity contribution in [3.05, 3.63) is 36.4 Å². The average molecular weight is 326 g/mol. The molecular weight excluding hydrogens is 312 g/mol. The lowest BCUT2D eigenvalue weighted by Gasteiger charge is -2.30. The van der Waals surface area contributed by atoms with Crippen LogP contribution in [0.25, 0.3) is 11.0 Å². The molecule has 0 saturated heterocycles. The maximum absolute atomic E-state index is 12.4. The van der Waals surface area contributed by atoms with Gasteiger partial charge in [0.1, 0.15) is 11.5 Å². The number of nitrogens with one attached hydrogen (secondary N) is 2. The molecule has 1 aromatic carbocycles. The Hall–Kier alpha value is -2.59. The van der Waals surface area contributed by atoms with E-state index in [1.165, 1.54) is 17.8 Å². The molecule has 7 heteroatoms. The predicted octanol–water partition coefficient (Wildman–Crippen LogP) is 1.81. The summed E-state index contributed by atoms with van der Waals surface area (Å²) < 4.78 is 0. The van der Waals surface area contributed by atoms with Gasteiger partial charge in [0, 0.05) is 0 Å². The van der Waals surface area contributed by atoms with Crippen LogP contribution >= 0.6 is 11.8 Å². The van der Waals surface area contributed by atoms with Crippen molar-refractivity contribution in [2.45, 2.75) is 17.6 Å². The van der Waals surface area contributed by atoms with Crippen molar-refractivity contribution in [3.63, 3.8) is 0 Å². The SMILES string of the molecule is CC1(C(=O)CSc2nc3ccccc3[nH]2)C=CC(C#N)C(=O)N1. The van der Waals surface area contributed by atoms with E-state index in [2.05, 4.69) is 15.3 Å². The zero-order valence-electron chi connectivity index (χ0n) is 12.4. The Bertz CT molecular complexity index is 818. The summed E-state index contributed by atoms with van der Waals surface area (Å²) in [6, 6.07) is 9.50. The molecule has 6 nitrogen and oxygen atoms in total. The van der Waals surface area contributed by atoms with Gasteiger partial charge in [-0.2, -0.15) is 5.26 Å². The van der Waals surface area contributed by atoms with Gasteiger partial charge in [-0.1, -0.05) is 36.0 Å². The summed E-state index contributed by atoms with van der Waals surface area (Å²) in [6.07, 6.45) is 3.06. The number of benzene rings is 1. The largest absolute Gasteiger partial charge is 0.339 e. The van der Waals surface area contributed by atoms with Gasteiger partial charge in [0.25, 0.3) is 0 Å². The smallest absolute Gasteiger partial charge is 0.242 e. The molecule has 2 N–H and O–H groups in total. The van der Waals surface area contributed by atoms with E-state index in [0.29, 0.717) is 5.16 Å². The Kier molecular flexibility index (Phi) is 3.92. The molecule has 1 aromatic heterocycles. The van der Waals surface area contributed by atoms with Crippen LogP contribution in [-0.4, -0.2) is 33.0 Å². The van der Waals surface area contributed by atoms with Crippen LogP contribution in [0.3, 0.4) is 0 Å². The maximum atomic E-state index is 12.4. The third kappa shape index (κ3) is 2.98. The van der Waals surface area contributed by atoms with Crippen molar-refractivity contribution >= 4 is 34.5 Å². The lowest BCUT2D eigenvalue weighted by atomic mass is 9.90. The van der Waals surface area contributed by atoms with Crippen molar-refractivity contribution in [1.82, 2.24) is 15.3 Å². The van der Waals surface area contributed by atoms with Crippen LogP contribution in [0.15, 0.2) is 41.6 Å². The summed E-state index contributed by atoms with van der Waals surface area (Å²) >= 11 is 1.29. The summed E-state index contributed by atoms with van der Waals surface area (Å²) in [7, 11) is 0. The number of nitriles is 1. The van der Waals surface area contributed by atoms with Crippen molar-refractivity contribution in [1.29, 1.82) is 5.26 Å². The van der Waals surface area contributed by atoms with Crippen molar-refractivity contribution < 1.29 is 9.59 Å².